The fourth-order valence-corrected chi connectivity index (χ4v) is 6.45. The van der Waals surface area contributed by atoms with Crippen LogP contribution in [0.15, 0.2) is 64.1 Å². The van der Waals surface area contributed by atoms with E-state index in [1.807, 2.05) is 25.1 Å². The Morgan fingerprint density at radius 1 is 1.02 bits per heavy atom. The molecule has 0 saturated carbocycles. The summed E-state index contributed by atoms with van der Waals surface area (Å²) in [6, 6.07) is 13.9. The number of amides is 1. The summed E-state index contributed by atoms with van der Waals surface area (Å²) in [6.45, 7) is 5.16. The molecular formula is C34H45FN2O4S. The number of halogens is 1. The standard InChI is InChI=1S/C34H45FN2O4S/c1-3-4-5-6-7-8-9-10-11-12-20-41-31-17-13-16-29(35)28(31)24-37-30-19-18-26(22-32(30)42-25(2)34(37)39)33(38)36-23-27-15-14-21-40-27/h13-19,21-22,25,34,39H,3-12,20,23-24H2,1-2H3,(H,36,38). The fraction of sp³-hybridized carbons (Fsp3) is 0.500. The van der Waals surface area contributed by atoms with Gasteiger partial charge in [0.15, 0.2) is 0 Å². The molecule has 2 atom stereocenters. The van der Waals surface area contributed by atoms with Gasteiger partial charge in [-0.05, 0) is 55.8 Å². The minimum atomic E-state index is -0.824. The highest BCUT2D eigenvalue weighted by atomic mass is 32.2. The first kappa shape index (κ1) is 32.0. The van der Waals surface area contributed by atoms with Gasteiger partial charge < -0.3 is 24.5 Å². The van der Waals surface area contributed by atoms with E-state index in [1.54, 1.807) is 35.4 Å². The molecule has 3 aromatic rings. The summed E-state index contributed by atoms with van der Waals surface area (Å²) < 4.78 is 26.5. The van der Waals surface area contributed by atoms with Crippen LogP contribution >= 0.6 is 11.8 Å². The lowest BCUT2D eigenvalue weighted by Crippen LogP contribution is -2.44. The van der Waals surface area contributed by atoms with Crippen molar-refractivity contribution in [2.24, 2.45) is 0 Å². The molecule has 4 rings (SSSR count). The zero-order valence-electron chi connectivity index (χ0n) is 24.9. The van der Waals surface area contributed by atoms with E-state index in [0.717, 1.165) is 23.4 Å². The number of nitrogens with one attached hydrogen (secondary N) is 1. The van der Waals surface area contributed by atoms with E-state index >= 15 is 4.39 Å². The van der Waals surface area contributed by atoms with Crippen LogP contribution in [-0.4, -0.2) is 29.1 Å². The van der Waals surface area contributed by atoms with Gasteiger partial charge in [-0.3, -0.25) is 4.79 Å². The van der Waals surface area contributed by atoms with E-state index < -0.39 is 6.23 Å². The molecule has 1 aliphatic rings. The fourth-order valence-electron chi connectivity index (χ4n) is 5.27. The predicted octanol–water partition coefficient (Wildman–Crippen LogP) is 8.47. The number of hydrogen-bond donors (Lipinski definition) is 2. The summed E-state index contributed by atoms with van der Waals surface area (Å²) in [7, 11) is 0. The lowest BCUT2D eigenvalue weighted by Gasteiger charge is -2.39. The molecule has 0 saturated heterocycles. The molecule has 0 fully saturated rings. The first-order valence-electron chi connectivity index (χ1n) is 15.4. The molecule has 2 N–H and O–H groups in total. The van der Waals surface area contributed by atoms with Crippen LogP contribution < -0.4 is 15.0 Å². The number of anilines is 1. The molecule has 0 aliphatic carbocycles. The Bertz CT molecular complexity index is 1250. The van der Waals surface area contributed by atoms with Crippen LogP contribution in [0, 0.1) is 5.82 Å². The first-order valence-corrected chi connectivity index (χ1v) is 16.3. The van der Waals surface area contributed by atoms with Crippen molar-refractivity contribution in [3.8, 4) is 5.75 Å². The second kappa shape index (κ2) is 16.6. The number of ether oxygens (including phenoxy) is 1. The molecule has 228 valence electrons. The Kier molecular flexibility index (Phi) is 12.6. The summed E-state index contributed by atoms with van der Waals surface area (Å²) in [6.07, 6.45) is 13.2. The van der Waals surface area contributed by atoms with Crippen molar-refractivity contribution in [3.05, 3.63) is 77.5 Å². The monoisotopic (exact) mass is 596 g/mol. The van der Waals surface area contributed by atoms with Crippen molar-refractivity contribution in [1.82, 2.24) is 5.32 Å². The van der Waals surface area contributed by atoms with Gasteiger partial charge in [-0.15, -0.1) is 11.8 Å². The average Bonchev–Trinajstić information content (AvgIpc) is 3.51. The van der Waals surface area contributed by atoms with Gasteiger partial charge >= 0.3 is 0 Å². The molecule has 1 aromatic heterocycles. The molecule has 2 unspecified atom stereocenters. The second-order valence-electron chi connectivity index (χ2n) is 11.1. The van der Waals surface area contributed by atoms with Crippen molar-refractivity contribution in [3.63, 3.8) is 0 Å². The third-order valence-electron chi connectivity index (χ3n) is 7.75. The van der Waals surface area contributed by atoms with Gasteiger partial charge in [-0.2, -0.15) is 0 Å². The summed E-state index contributed by atoms with van der Waals surface area (Å²) in [5.74, 6) is 0.621. The Hall–Kier alpha value is -2.97. The van der Waals surface area contributed by atoms with Gasteiger partial charge in [-0.1, -0.05) is 70.8 Å². The van der Waals surface area contributed by atoms with Crippen LogP contribution in [0.4, 0.5) is 10.1 Å². The summed E-state index contributed by atoms with van der Waals surface area (Å²) in [4.78, 5) is 15.5. The van der Waals surface area contributed by atoms with Crippen molar-refractivity contribution in [1.29, 1.82) is 0 Å². The highest BCUT2D eigenvalue weighted by Gasteiger charge is 2.32. The largest absolute Gasteiger partial charge is 0.493 e. The zero-order valence-corrected chi connectivity index (χ0v) is 25.8. The number of unbranched alkanes of at least 4 members (excludes halogenated alkanes) is 9. The molecule has 0 radical (unpaired) electrons. The molecule has 6 nitrogen and oxygen atoms in total. The van der Waals surface area contributed by atoms with Crippen LogP contribution in [-0.2, 0) is 13.1 Å². The number of hydrogen-bond acceptors (Lipinski definition) is 6. The summed E-state index contributed by atoms with van der Waals surface area (Å²) >= 11 is 1.50. The van der Waals surface area contributed by atoms with E-state index in [9.17, 15) is 9.90 Å². The highest BCUT2D eigenvalue weighted by Crippen LogP contribution is 2.43. The molecule has 1 aliphatic heterocycles. The van der Waals surface area contributed by atoms with Gasteiger partial charge in [0.05, 0.1) is 36.9 Å². The number of furan rings is 1. The smallest absolute Gasteiger partial charge is 0.251 e. The lowest BCUT2D eigenvalue weighted by atomic mass is 10.1. The second-order valence-corrected chi connectivity index (χ2v) is 12.5. The van der Waals surface area contributed by atoms with Crippen molar-refractivity contribution < 1.29 is 23.4 Å². The number of nitrogens with zero attached hydrogens (tertiary/aromatic N) is 1. The maximum absolute atomic E-state index is 15.1. The van der Waals surface area contributed by atoms with E-state index in [-0.39, 0.29) is 23.5 Å². The number of rotatable bonds is 17. The van der Waals surface area contributed by atoms with E-state index in [0.29, 0.717) is 35.8 Å². The molecule has 2 heterocycles. The maximum atomic E-state index is 15.1. The SMILES string of the molecule is CCCCCCCCCCCCOc1cccc(F)c1CN1c2ccc(C(=O)NCc3ccco3)cc2SC(C)C1O. The Balaban J connectivity index is 1.34. The first-order chi connectivity index (χ1) is 20.5. The molecule has 0 spiro atoms. The third-order valence-corrected chi connectivity index (χ3v) is 8.94. The number of aliphatic hydroxyl groups excluding tert-OH is 1. The van der Waals surface area contributed by atoms with Gasteiger partial charge in [-0.25, -0.2) is 4.39 Å². The van der Waals surface area contributed by atoms with Crippen LogP contribution in [0.25, 0.3) is 0 Å². The molecule has 0 bridgehead atoms. The summed E-state index contributed by atoms with van der Waals surface area (Å²) in [5.41, 5.74) is 1.70. The number of benzene rings is 2. The van der Waals surface area contributed by atoms with Crippen LogP contribution in [0.2, 0.25) is 0 Å². The lowest BCUT2D eigenvalue weighted by molar-refractivity contribution is 0.0948. The van der Waals surface area contributed by atoms with E-state index in [4.69, 9.17) is 9.15 Å². The molecule has 2 aromatic carbocycles. The summed E-state index contributed by atoms with van der Waals surface area (Å²) in [5, 5.41) is 13.8. The molecule has 42 heavy (non-hydrogen) atoms. The average molecular weight is 597 g/mol. The molecule has 1 amide bonds. The number of aliphatic hydroxyl groups is 1. The minimum Gasteiger partial charge on any atom is -0.493 e. The Labute approximate surface area is 254 Å². The van der Waals surface area contributed by atoms with Crippen molar-refractivity contribution >= 4 is 23.4 Å². The topological polar surface area (TPSA) is 74.9 Å². The molecular weight excluding hydrogens is 551 g/mol. The third kappa shape index (κ3) is 9.01. The Morgan fingerprint density at radius 3 is 2.48 bits per heavy atom. The van der Waals surface area contributed by atoms with Crippen LogP contribution in [0.3, 0.4) is 0 Å². The maximum Gasteiger partial charge on any atom is 0.251 e. The normalized spacial score (nSPS) is 16.3. The quantitative estimate of drug-likeness (QED) is 0.152. The predicted molar refractivity (Wildman–Crippen MR) is 168 cm³/mol. The number of carbonyl (C=O) groups excluding carboxylic acids is 1. The van der Waals surface area contributed by atoms with E-state index in [2.05, 4.69) is 12.2 Å². The van der Waals surface area contributed by atoms with E-state index in [1.165, 1.54) is 69.2 Å². The number of fused-ring (bicyclic) bond motifs is 1. The van der Waals surface area contributed by atoms with Crippen LogP contribution in [0.1, 0.15) is 99.7 Å². The number of carbonyl (C=O) groups is 1. The number of thioether (sulfide) groups is 1. The van der Waals surface area contributed by atoms with Crippen molar-refractivity contribution in [2.75, 3.05) is 11.5 Å². The van der Waals surface area contributed by atoms with Gasteiger partial charge in [0.2, 0.25) is 0 Å². The zero-order chi connectivity index (χ0) is 29.7. The van der Waals surface area contributed by atoms with Crippen molar-refractivity contribution in [2.45, 2.75) is 108 Å². The highest BCUT2D eigenvalue weighted by molar-refractivity contribution is 8.00. The van der Waals surface area contributed by atoms with Gasteiger partial charge in [0, 0.05) is 16.0 Å². The molecule has 8 heteroatoms. The van der Waals surface area contributed by atoms with Gasteiger partial charge in [0.1, 0.15) is 23.6 Å². The minimum absolute atomic E-state index is 0.156. The Morgan fingerprint density at radius 2 is 1.76 bits per heavy atom. The van der Waals surface area contributed by atoms with Crippen LogP contribution in [0.5, 0.6) is 5.75 Å². The van der Waals surface area contributed by atoms with Gasteiger partial charge in [0.25, 0.3) is 5.91 Å².